The van der Waals surface area contributed by atoms with Crippen molar-refractivity contribution in [2.75, 3.05) is 6.54 Å². The van der Waals surface area contributed by atoms with Crippen LogP contribution in [0.5, 0.6) is 0 Å². The first-order chi connectivity index (χ1) is 8.56. The molecule has 0 spiro atoms. The standard InChI is InChI=1S/C13H15F2NO2/c14-11(15)10(17)8-16-12(18)13(6-7-13)9-4-2-1-3-5-9/h1-5,10-11,17H,6-8H2,(H,16,18). The van der Waals surface area contributed by atoms with Crippen molar-refractivity contribution in [3.05, 3.63) is 35.9 Å². The van der Waals surface area contributed by atoms with Gasteiger partial charge in [-0.1, -0.05) is 30.3 Å². The molecule has 0 radical (unpaired) electrons. The van der Waals surface area contributed by atoms with Gasteiger partial charge in [-0.15, -0.1) is 0 Å². The van der Waals surface area contributed by atoms with Crippen LogP contribution in [0.15, 0.2) is 30.3 Å². The number of hydrogen-bond acceptors (Lipinski definition) is 2. The summed E-state index contributed by atoms with van der Waals surface area (Å²) in [7, 11) is 0. The predicted octanol–water partition coefficient (Wildman–Crippen LogP) is 1.46. The van der Waals surface area contributed by atoms with Gasteiger partial charge in [0.05, 0.1) is 5.41 Å². The lowest BCUT2D eigenvalue weighted by Crippen LogP contribution is -2.41. The van der Waals surface area contributed by atoms with E-state index in [4.69, 9.17) is 5.11 Å². The van der Waals surface area contributed by atoms with E-state index < -0.39 is 24.5 Å². The first-order valence-electron chi connectivity index (χ1n) is 5.86. The van der Waals surface area contributed by atoms with E-state index in [0.29, 0.717) is 12.8 Å². The molecule has 2 rings (SSSR count). The maximum atomic E-state index is 12.1. The number of aliphatic hydroxyl groups excluding tert-OH is 1. The molecule has 1 aromatic rings. The normalized spacial score (nSPS) is 18.4. The van der Waals surface area contributed by atoms with Crippen LogP contribution in [0.2, 0.25) is 0 Å². The smallest absolute Gasteiger partial charge is 0.265 e. The van der Waals surface area contributed by atoms with E-state index in [1.54, 1.807) is 0 Å². The summed E-state index contributed by atoms with van der Waals surface area (Å²) in [6.07, 6.45) is -3.21. The molecule has 0 aliphatic heterocycles. The molecule has 3 nitrogen and oxygen atoms in total. The topological polar surface area (TPSA) is 49.3 Å². The number of hydrogen-bond donors (Lipinski definition) is 2. The molecule has 1 unspecified atom stereocenters. The second-order valence-electron chi connectivity index (χ2n) is 4.56. The van der Waals surface area contributed by atoms with Crippen molar-refractivity contribution < 1.29 is 18.7 Å². The zero-order valence-corrected chi connectivity index (χ0v) is 9.77. The average Bonchev–Trinajstić information content (AvgIpc) is 3.18. The molecular weight excluding hydrogens is 240 g/mol. The Morgan fingerprint density at radius 2 is 1.94 bits per heavy atom. The summed E-state index contributed by atoms with van der Waals surface area (Å²) >= 11 is 0. The Labute approximate surface area is 104 Å². The quantitative estimate of drug-likeness (QED) is 0.837. The Balaban J connectivity index is 1.98. The molecule has 1 atom stereocenters. The predicted molar refractivity (Wildman–Crippen MR) is 62.4 cm³/mol. The van der Waals surface area contributed by atoms with Crippen molar-refractivity contribution in [2.24, 2.45) is 0 Å². The average molecular weight is 255 g/mol. The number of alkyl halides is 2. The van der Waals surface area contributed by atoms with E-state index in [-0.39, 0.29) is 5.91 Å². The maximum Gasteiger partial charge on any atom is 0.265 e. The fraction of sp³-hybridized carbons (Fsp3) is 0.462. The van der Waals surface area contributed by atoms with Gasteiger partial charge in [0.2, 0.25) is 5.91 Å². The molecule has 0 heterocycles. The number of halogens is 2. The van der Waals surface area contributed by atoms with Gasteiger partial charge in [-0.2, -0.15) is 0 Å². The van der Waals surface area contributed by atoms with Gasteiger partial charge in [-0.05, 0) is 18.4 Å². The summed E-state index contributed by atoms with van der Waals surface area (Å²) in [6, 6.07) is 9.26. The third-order valence-corrected chi connectivity index (χ3v) is 3.27. The molecule has 1 amide bonds. The number of nitrogens with one attached hydrogen (secondary N) is 1. The third-order valence-electron chi connectivity index (χ3n) is 3.27. The lowest BCUT2D eigenvalue weighted by atomic mass is 9.95. The molecular formula is C13H15F2NO2. The van der Waals surface area contributed by atoms with Gasteiger partial charge in [-0.25, -0.2) is 8.78 Å². The van der Waals surface area contributed by atoms with Gasteiger partial charge >= 0.3 is 0 Å². The van der Waals surface area contributed by atoms with Crippen molar-refractivity contribution in [3.8, 4) is 0 Å². The SMILES string of the molecule is O=C(NCC(O)C(F)F)C1(c2ccccc2)CC1. The van der Waals surface area contributed by atoms with Crippen LogP contribution in [-0.4, -0.2) is 30.1 Å². The Morgan fingerprint density at radius 1 is 1.33 bits per heavy atom. The van der Waals surface area contributed by atoms with Crippen molar-refractivity contribution in [1.82, 2.24) is 5.32 Å². The first-order valence-corrected chi connectivity index (χ1v) is 5.86. The molecule has 5 heteroatoms. The van der Waals surface area contributed by atoms with Crippen LogP contribution in [0.3, 0.4) is 0 Å². The molecule has 1 aliphatic carbocycles. The van der Waals surface area contributed by atoms with Crippen molar-refractivity contribution >= 4 is 5.91 Å². The highest BCUT2D eigenvalue weighted by Crippen LogP contribution is 2.48. The number of rotatable bonds is 5. The fourth-order valence-corrected chi connectivity index (χ4v) is 1.98. The van der Waals surface area contributed by atoms with Gasteiger partial charge in [0.25, 0.3) is 6.43 Å². The minimum absolute atomic E-state index is 0.284. The monoisotopic (exact) mass is 255 g/mol. The Kier molecular flexibility index (Phi) is 3.61. The summed E-state index contributed by atoms with van der Waals surface area (Å²) in [6.45, 7) is -0.412. The summed E-state index contributed by atoms with van der Waals surface area (Å²) < 4.78 is 24.2. The van der Waals surface area contributed by atoms with Gasteiger partial charge < -0.3 is 10.4 Å². The minimum atomic E-state index is -2.84. The summed E-state index contributed by atoms with van der Waals surface area (Å²) in [5.74, 6) is -0.284. The first kappa shape index (κ1) is 13.0. The number of carbonyl (C=O) groups excluding carboxylic acids is 1. The summed E-state index contributed by atoms with van der Waals surface area (Å²) in [5, 5.41) is 11.4. The minimum Gasteiger partial charge on any atom is -0.385 e. The molecule has 1 aromatic carbocycles. The molecule has 18 heavy (non-hydrogen) atoms. The molecule has 98 valence electrons. The van der Waals surface area contributed by atoms with Gasteiger partial charge in [0.15, 0.2) is 0 Å². The zero-order chi connectivity index (χ0) is 13.2. The van der Waals surface area contributed by atoms with Crippen molar-refractivity contribution in [1.29, 1.82) is 0 Å². The fourth-order valence-electron chi connectivity index (χ4n) is 1.98. The largest absolute Gasteiger partial charge is 0.385 e. The number of aliphatic hydroxyl groups is 1. The molecule has 2 N–H and O–H groups in total. The van der Waals surface area contributed by atoms with Gasteiger partial charge in [-0.3, -0.25) is 4.79 Å². The lowest BCUT2D eigenvalue weighted by molar-refractivity contribution is -0.124. The van der Waals surface area contributed by atoms with E-state index in [0.717, 1.165) is 5.56 Å². The molecule has 1 fully saturated rings. The van der Waals surface area contributed by atoms with E-state index in [1.807, 2.05) is 30.3 Å². The number of amides is 1. The van der Waals surface area contributed by atoms with Crippen molar-refractivity contribution in [2.45, 2.75) is 30.8 Å². The molecule has 0 bridgehead atoms. The Bertz CT molecular complexity index is 418. The van der Waals surface area contributed by atoms with Gasteiger partial charge in [0.1, 0.15) is 6.10 Å². The van der Waals surface area contributed by atoms with Crippen LogP contribution in [0, 0.1) is 0 Å². The Morgan fingerprint density at radius 3 is 2.44 bits per heavy atom. The highest BCUT2D eigenvalue weighted by molar-refractivity contribution is 5.91. The molecule has 1 aliphatic rings. The summed E-state index contributed by atoms with van der Waals surface area (Å²) in [5.41, 5.74) is 0.317. The van der Waals surface area contributed by atoms with E-state index in [1.165, 1.54) is 0 Å². The van der Waals surface area contributed by atoms with Crippen LogP contribution in [0.1, 0.15) is 18.4 Å². The van der Waals surface area contributed by atoms with E-state index in [2.05, 4.69) is 5.32 Å². The second-order valence-corrected chi connectivity index (χ2v) is 4.56. The maximum absolute atomic E-state index is 12.1. The van der Waals surface area contributed by atoms with Crippen LogP contribution >= 0.6 is 0 Å². The van der Waals surface area contributed by atoms with Crippen molar-refractivity contribution in [3.63, 3.8) is 0 Å². The van der Waals surface area contributed by atoms with Crippen LogP contribution in [-0.2, 0) is 10.2 Å². The van der Waals surface area contributed by atoms with E-state index >= 15 is 0 Å². The Hall–Kier alpha value is -1.49. The van der Waals surface area contributed by atoms with Crippen LogP contribution < -0.4 is 5.32 Å². The van der Waals surface area contributed by atoms with Crippen LogP contribution in [0.4, 0.5) is 8.78 Å². The highest BCUT2D eigenvalue weighted by Gasteiger charge is 2.51. The summed E-state index contributed by atoms with van der Waals surface area (Å²) in [4.78, 5) is 12.0. The molecule has 1 saturated carbocycles. The van der Waals surface area contributed by atoms with Crippen LogP contribution in [0.25, 0.3) is 0 Å². The van der Waals surface area contributed by atoms with Gasteiger partial charge in [0, 0.05) is 6.54 Å². The van der Waals surface area contributed by atoms with E-state index in [9.17, 15) is 13.6 Å². The molecule has 0 saturated heterocycles. The lowest BCUT2D eigenvalue weighted by Gasteiger charge is -2.17. The number of benzene rings is 1. The second kappa shape index (κ2) is 5.02. The number of carbonyl (C=O) groups is 1. The molecule has 0 aromatic heterocycles. The highest BCUT2D eigenvalue weighted by atomic mass is 19.3. The zero-order valence-electron chi connectivity index (χ0n) is 9.77. The third kappa shape index (κ3) is 2.51.